The van der Waals surface area contributed by atoms with Crippen LogP contribution < -0.4 is 5.09 Å². The Morgan fingerprint density at radius 1 is 1.08 bits per heavy atom. The molecule has 2 heterocycles. The van der Waals surface area contributed by atoms with Crippen molar-refractivity contribution >= 4 is 19.2 Å². The third-order valence-corrected chi connectivity index (χ3v) is 7.14. The van der Waals surface area contributed by atoms with E-state index in [1.54, 1.807) is 9.34 Å². The highest BCUT2D eigenvalue weighted by molar-refractivity contribution is 7.57. The molecule has 142 valence electrons. The van der Waals surface area contributed by atoms with Gasteiger partial charge in [-0.2, -0.15) is 0 Å². The normalized spacial score (nSPS) is 19.8. The Bertz CT molecular complexity index is 696. The molecule has 1 aromatic rings. The largest absolute Gasteiger partial charge is 0.379 e. The van der Waals surface area contributed by atoms with Gasteiger partial charge in [-0.25, -0.2) is 9.34 Å². The van der Waals surface area contributed by atoms with Gasteiger partial charge < -0.3 is 9.47 Å². The summed E-state index contributed by atoms with van der Waals surface area (Å²) in [5.41, 5.74) is -0.0915. The summed E-state index contributed by atoms with van der Waals surface area (Å²) in [5.74, 6) is -0.602. The summed E-state index contributed by atoms with van der Waals surface area (Å²) in [7, 11) is -3.39. The minimum absolute atomic E-state index is 0.0981. The summed E-state index contributed by atoms with van der Waals surface area (Å²) in [5, 5.41) is 13.6. The highest BCUT2D eigenvalue weighted by atomic mass is 31.2. The van der Waals surface area contributed by atoms with E-state index in [4.69, 9.17) is 9.47 Å². The van der Waals surface area contributed by atoms with E-state index in [0.717, 1.165) is 0 Å². The van der Waals surface area contributed by atoms with E-state index < -0.39 is 18.4 Å². The van der Waals surface area contributed by atoms with Crippen LogP contribution in [-0.4, -0.2) is 72.8 Å². The van der Waals surface area contributed by atoms with Crippen LogP contribution in [0.3, 0.4) is 0 Å². The zero-order valence-electron chi connectivity index (χ0n) is 14.2. The van der Waals surface area contributed by atoms with E-state index in [-0.39, 0.29) is 11.3 Å². The molecule has 2 fully saturated rings. The molecule has 1 aromatic carbocycles. The van der Waals surface area contributed by atoms with E-state index in [9.17, 15) is 19.5 Å². The van der Waals surface area contributed by atoms with Crippen molar-refractivity contribution < 1.29 is 23.8 Å². The summed E-state index contributed by atoms with van der Waals surface area (Å²) < 4.78 is 27.9. The lowest BCUT2D eigenvalue weighted by atomic mass is 10.2. The van der Waals surface area contributed by atoms with Crippen molar-refractivity contribution in [3.63, 3.8) is 0 Å². The smallest absolute Gasteiger partial charge is 0.311 e. The van der Waals surface area contributed by atoms with E-state index in [1.807, 2.05) is 0 Å². The van der Waals surface area contributed by atoms with Crippen LogP contribution in [0.1, 0.15) is 10.4 Å². The summed E-state index contributed by atoms with van der Waals surface area (Å²) in [6.07, 6.45) is 0. The summed E-state index contributed by atoms with van der Waals surface area (Å²) in [4.78, 5) is 23.1. The molecule has 0 radical (unpaired) electrons. The number of carbonyl (C=O) groups excluding carboxylic acids is 1. The lowest BCUT2D eigenvalue weighted by Crippen LogP contribution is -2.48. The van der Waals surface area contributed by atoms with Crippen LogP contribution in [0, 0.1) is 10.1 Å². The molecule has 1 amide bonds. The number of benzene rings is 1. The number of non-ortho nitro benzene ring substituents is 1. The van der Waals surface area contributed by atoms with E-state index in [0.29, 0.717) is 52.6 Å². The molecular formula is C15H21N4O6P. The zero-order chi connectivity index (χ0) is 18.6. The number of amides is 1. The van der Waals surface area contributed by atoms with Crippen molar-refractivity contribution in [2.45, 2.75) is 0 Å². The highest BCUT2D eigenvalue weighted by Crippen LogP contribution is 2.50. The van der Waals surface area contributed by atoms with Crippen LogP contribution >= 0.6 is 7.59 Å². The Morgan fingerprint density at radius 2 is 1.62 bits per heavy atom. The molecule has 10 nitrogen and oxygen atoms in total. The maximum atomic E-state index is 13.8. The first kappa shape index (κ1) is 18.9. The number of ether oxygens (including phenoxy) is 2. The average molecular weight is 384 g/mol. The van der Waals surface area contributed by atoms with Crippen LogP contribution in [0.5, 0.6) is 0 Å². The van der Waals surface area contributed by atoms with Gasteiger partial charge in [0.05, 0.1) is 31.4 Å². The van der Waals surface area contributed by atoms with Gasteiger partial charge in [-0.15, -0.1) is 0 Å². The number of carbonyl (C=O) groups is 1. The van der Waals surface area contributed by atoms with Crippen LogP contribution in [0.25, 0.3) is 0 Å². The fourth-order valence-electron chi connectivity index (χ4n) is 2.93. The molecule has 0 aromatic heterocycles. The maximum absolute atomic E-state index is 13.8. The van der Waals surface area contributed by atoms with Gasteiger partial charge in [0, 0.05) is 43.9 Å². The lowest BCUT2D eigenvalue weighted by Gasteiger charge is -2.41. The summed E-state index contributed by atoms with van der Waals surface area (Å²) >= 11 is 0. The van der Waals surface area contributed by atoms with E-state index in [1.165, 1.54) is 24.3 Å². The average Bonchev–Trinajstić information content (AvgIpc) is 2.69. The van der Waals surface area contributed by atoms with Crippen molar-refractivity contribution in [1.29, 1.82) is 0 Å². The predicted octanol–water partition coefficient (Wildman–Crippen LogP) is 1.10. The SMILES string of the molecule is O=C(NP(=O)(N1CCOCC1)N1CCOCC1)c1cccc([N+](=O)[O-])c1. The molecule has 11 heteroatoms. The maximum Gasteiger partial charge on any atom is 0.311 e. The summed E-state index contributed by atoms with van der Waals surface area (Å²) in [6.45, 7) is 3.46. The number of nitro groups is 1. The molecule has 0 bridgehead atoms. The first-order valence-corrected chi connectivity index (χ1v) is 9.95. The second-order valence-corrected chi connectivity index (χ2v) is 8.37. The first-order chi connectivity index (χ1) is 12.5. The second-order valence-electron chi connectivity index (χ2n) is 5.92. The second kappa shape index (κ2) is 8.24. The summed E-state index contributed by atoms with van der Waals surface area (Å²) in [6, 6.07) is 5.38. The quantitative estimate of drug-likeness (QED) is 0.456. The molecular weight excluding hydrogens is 363 g/mol. The van der Waals surface area contributed by atoms with Crippen molar-refractivity contribution in [2.24, 2.45) is 0 Å². The van der Waals surface area contributed by atoms with Gasteiger partial charge in [-0.3, -0.25) is 24.6 Å². The third-order valence-electron chi connectivity index (χ3n) is 4.31. The minimum atomic E-state index is -3.39. The number of rotatable bonds is 5. The number of morpholine rings is 2. The molecule has 2 aliphatic heterocycles. The monoisotopic (exact) mass is 384 g/mol. The van der Waals surface area contributed by atoms with Gasteiger partial charge in [0.2, 0.25) is 0 Å². The highest BCUT2D eigenvalue weighted by Gasteiger charge is 2.40. The number of hydrogen-bond donors (Lipinski definition) is 1. The standard InChI is InChI=1S/C15H21N4O6P/c20-15(13-2-1-3-14(12-13)19(21)22)16-26(23,17-4-8-24-9-5-17)18-6-10-25-11-7-18/h1-3,12H,4-11H2,(H,16,20,23). The van der Waals surface area contributed by atoms with Crippen molar-refractivity contribution in [1.82, 2.24) is 14.4 Å². The van der Waals surface area contributed by atoms with E-state index in [2.05, 4.69) is 5.09 Å². The van der Waals surface area contributed by atoms with Crippen LogP contribution in [0.4, 0.5) is 5.69 Å². The molecule has 2 aliphatic rings. The Balaban J connectivity index is 1.84. The Labute approximate surface area is 150 Å². The molecule has 0 saturated carbocycles. The fraction of sp³-hybridized carbons (Fsp3) is 0.533. The van der Waals surface area contributed by atoms with Crippen LogP contribution in [-0.2, 0) is 14.0 Å². The van der Waals surface area contributed by atoms with Gasteiger partial charge in [0.15, 0.2) is 0 Å². The molecule has 0 unspecified atom stereocenters. The van der Waals surface area contributed by atoms with Gasteiger partial charge >= 0.3 is 7.59 Å². The molecule has 3 rings (SSSR count). The minimum Gasteiger partial charge on any atom is -0.379 e. The first-order valence-electron chi connectivity index (χ1n) is 8.34. The van der Waals surface area contributed by atoms with Crippen LogP contribution in [0.2, 0.25) is 0 Å². The molecule has 2 saturated heterocycles. The third kappa shape index (κ3) is 4.11. The Hall–Kier alpha value is -1.84. The fourth-order valence-corrected chi connectivity index (χ4v) is 5.37. The van der Waals surface area contributed by atoms with Gasteiger partial charge in [0.1, 0.15) is 0 Å². The van der Waals surface area contributed by atoms with Gasteiger partial charge in [0.25, 0.3) is 11.6 Å². The van der Waals surface area contributed by atoms with Crippen molar-refractivity contribution in [3.8, 4) is 0 Å². The number of nitrogens with zero attached hydrogens (tertiary/aromatic N) is 3. The lowest BCUT2D eigenvalue weighted by molar-refractivity contribution is -0.384. The predicted molar refractivity (Wildman–Crippen MR) is 93.0 cm³/mol. The van der Waals surface area contributed by atoms with Crippen molar-refractivity contribution in [2.75, 3.05) is 52.6 Å². The zero-order valence-corrected chi connectivity index (χ0v) is 15.1. The number of nitrogens with one attached hydrogen (secondary N) is 1. The molecule has 0 atom stereocenters. The molecule has 1 N–H and O–H groups in total. The number of nitro benzene ring substituents is 1. The topological polar surface area (TPSA) is 114 Å². The Morgan fingerprint density at radius 3 is 2.12 bits per heavy atom. The molecule has 26 heavy (non-hydrogen) atoms. The van der Waals surface area contributed by atoms with Gasteiger partial charge in [-0.05, 0) is 6.07 Å². The van der Waals surface area contributed by atoms with Gasteiger partial charge in [-0.1, -0.05) is 6.07 Å². The Kier molecular flexibility index (Phi) is 6.00. The van der Waals surface area contributed by atoms with Crippen molar-refractivity contribution in [3.05, 3.63) is 39.9 Å². The molecule has 0 spiro atoms. The van der Waals surface area contributed by atoms with Crippen LogP contribution in [0.15, 0.2) is 24.3 Å². The number of hydrogen-bond acceptors (Lipinski definition) is 6. The molecule has 0 aliphatic carbocycles. The van der Waals surface area contributed by atoms with E-state index >= 15 is 0 Å².